The van der Waals surface area contributed by atoms with Crippen LogP contribution in [0.4, 0.5) is 5.69 Å². The van der Waals surface area contributed by atoms with Gasteiger partial charge >= 0.3 is 5.97 Å². The Labute approximate surface area is 145 Å². The van der Waals surface area contributed by atoms with E-state index in [0.29, 0.717) is 17.0 Å². The van der Waals surface area contributed by atoms with Crippen molar-refractivity contribution < 1.29 is 19.1 Å². The molecule has 0 radical (unpaired) electrons. The third-order valence-electron chi connectivity index (χ3n) is 3.32. The molecule has 0 saturated carbocycles. The first-order chi connectivity index (χ1) is 11.5. The van der Waals surface area contributed by atoms with Crippen LogP contribution in [0.5, 0.6) is 5.75 Å². The quantitative estimate of drug-likeness (QED) is 0.640. The topological polar surface area (TPSA) is 64.6 Å². The maximum atomic E-state index is 12.3. The molecule has 126 valence electrons. The van der Waals surface area contributed by atoms with E-state index < -0.39 is 18.0 Å². The first kappa shape index (κ1) is 17.9. The van der Waals surface area contributed by atoms with E-state index in [9.17, 15) is 9.59 Å². The predicted molar refractivity (Wildman–Crippen MR) is 94.7 cm³/mol. The molecule has 2 aromatic carbocycles. The standard InChI is InChI=1S/C18H19NO4S/c1-12(17(20)19-13-7-6-8-14(11-13)22-2)23-18(21)15-9-4-5-10-16(15)24-3/h4-12H,1-3H3,(H,19,20)/t12-/m0/s1. The molecule has 2 aromatic rings. The second-order valence-corrected chi connectivity index (χ2v) is 5.82. The number of anilines is 1. The molecule has 1 atom stereocenters. The van der Waals surface area contributed by atoms with Crippen LogP contribution in [0.1, 0.15) is 17.3 Å². The minimum atomic E-state index is -0.918. The number of hydrogen-bond donors (Lipinski definition) is 1. The van der Waals surface area contributed by atoms with Crippen LogP contribution in [0.2, 0.25) is 0 Å². The number of hydrogen-bond acceptors (Lipinski definition) is 5. The van der Waals surface area contributed by atoms with Crippen molar-refractivity contribution >= 4 is 29.3 Å². The van der Waals surface area contributed by atoms with Crippen molar-refractivity contribution in [3.63, 3.8) is 0 Å². The Bertz CT molecular complexity index is 732. The average molecular weight is 345 g/mol. The lowest BCUT2D eigenvalue weighted by Crippen LogP contribution is -2.30. The van der Waals surface area contributed by atoms with E-state index in [1.54, 1.807) is 43.5 Å². The van der Waals surface area contributed by atoms with Crippen LogP contribution < -0.4 is 10.1 Å². The van der Waals surface area contributed by atoms with Gasteiger partial charge in [0.05, 0.1) is 12.7 Å². The Hall–Kier alpha value is -2.47. The van der Waals surface area contributed by atoms with Gasteiger partial charge in [-0.2, -0.15) is 0 Å². The summed E-state index contributed by atoms with van der Waals surface area (Å²) in [4.78, 5) is 25.3. The van der Waals surface area contributed by atoms with E-state index >= 15 is 0 Å². The third-order valence-corrected chi connectivity index (χ3v) is 4.11. The summed E-state index contributed by atoms with van der Waals surface area (Å²) in [6, 6.07) is 14.1. The van der Waals surface area contributed by atoms with Gasteiger partial charge in [-0.3, -0.25) is 4.79 Å². The zero-order chi connectivity index (χ0) is 17.5. The molecule has 0 unspecified atom stereocenters. The highest BCUT2D eigenvalue weighted by Crippen LogP contribution is 2.21. The number of carbonyl (C=O) groups excluding carboxylic acids is 2. The largest absolute Gasteiger partial charge is 0.497 e. The number of ether oxygens (including phenoxy) is 2. The smallest absolute Gasteiger partial charge is 0.340 e. The van der Waals surface area contributed by atoms with Gasteiger partial charge in [-0.25, -0.2) is 4.79 Å². The Kier molecular flexibility index (Phi) is 6.26. The van der Waals surface area contributed by atoms with Crippen LogP contribution in [0, 0.1) is 0 Å². The molecule has 0 saturated heterocycles. The summed E-state index contributed by atoms with van der Waals surface area (Å²) in [5.41, 5.74) is 1.03. The molecule has 0 heterocycles. The fraction of sp³-hybridized carbons (Fsp3) is 0.222. The molecular weight excluding hydrogens is 326 g/mol. The number of rotatable bonds is 6. The van der Waals surface area contributed by atoms with Gasteiger partial charge < -0.3 is 14.8 Å². The van der Waals surface area contributed by atoms with E-state index in [2.05, 4.69) is 5.32 Å². The van der Waals surface area contributed by atoms with Crippen molar-refractivity contribution in [1.82, 2.24) is 0 Å². The molecule has 1 N–H and O–H groups in total. The number of methoxy groups -OCH3 is 1. The number of nitrogens with one attached hydrogen (secondary N) is 1. The van der Waals surface area contributed by atoms with E-state index in [0.717, 1.165) is 4.90 Å². The van der Waals surface area contributed by atoms with Crippen molar-refractivity contribution in [2.75, 3.05) is 18.7 Å². The predicted octanol–water partition coefficient (Wildman–Crippen LogP) is 3.60. The van der Waals surface area contributed by atoms with Crippen molar-refractivity contribution in [3.05, 3.63) is 54.1 Å². The molecule has 0 aliphatic rings. The highest BCUT2D eigenvalue weighted by atomic mass is 32.2. The third kappa shape index (κ3) is 4.52. The SMILES string of the molecule is COc1cccc(NC(=O)[C@H](C)OC(=O)c2ccccc2SC)c1. The van der Waals surface area contributed by atoms with Gasteiger partial charge in [-0.05, 0) is 37.4 Å². The van der Waals surface area contributed by atoms with Gasteiger partial charge in [0.25, 0.3) is 5.91 Å². The van der Waals surface area contributed by atoms with Crippen LogP contribution in [-0.4, -0.2) is 31.3 Å². The van der Waals surface area contributed by atoms with Crippen LogP contribution in [-0.2, 0) is 9.53 Å². The fourth-order valence-corrected chi connectivity index (χ4v) is 2.62. The Morgan fingerprint density at radius 3 is 2.58 bits per heavy atom. The summed E-state index contributed by atoms with van der Waals surface area (Å²) in [6.45, 7) is 1.54. The summed E-state index contributed by atoms with van der Waals surface area (Å²) in [6.07, 6.45) is 0.962. The minimum Gasteiger partial charge on any atom is -0.497 e. The Morgan fingerprint density at radius 2 is 1.88 bits per heavy atom. The van der Waals surface area contributed by atoms with Crippen LogP contribution in [0.15, 0.2) is 53.4 Å². The first-order valence-electron chi connectivity index (χ1n) is 7.34. The van der Waals surface area contributed by atoms with Crippen molar-refractivity contribution in [3.8, 4) is 5.75 Å². The van der Waals surface area contributed by atoms with E-state index in [-0.39, 0.29) is 0 Å². The maximum Gasteiger partial charge on any atom is 0.340 e. The lowest BCUT2D eigenvalue weighted by molar-refractivity contribution is -0.123. The maximum absolute atomic E-state index is 12.3. The van der Waals surface area contributed by atoms with Gasteiger partial charge in [0.15, 0.2) is 6.10 Å². The van der Waals surface area contributed by atoms with Gasteiger partial charge in [-0.1, -0.05) is 18.2 Å². The Balaban J connectivity index is 2.01. The minimum absolute atomic E-state index is 0.404. The highest BCUT2D eigenvalue weighted by molar-refractivity contribution is 7.98. The van der Waals surface area contributed by atoms with E-state index in [1.807, 2.05) is 18.4 Å². The second kappa shape index (κ2) is 8.40. The van der Waals surface area contributed by atoms with Crippen LogP contribution in [0.3, 0.4) is 0 Å². The zero-order valence-electron chi connectivity index (χ0n) is 13.7. The normalized spacial score (nSPS) is 11.5. The summed E-state index contributed by atoms with van der Waals surface area (Å²) in [7, 11) is 1.55. The molecule has 6 heteroatoms. The molecule has 0 aromatic heterocycles. The van der Waals surface area contributed by atoms with E-state index in [4.69, 9.17) is 9.47 Å². The summed E-state index contributed by atoms with van der Waals surface area (Å²) in [5, 5.41) is 2.70. The molecule has 2 rings (SSSR count). The summed E-state index contributed by atoms with van der Waals surface area (Å²) < 4.78 is 10.4. The van der Waals surface area contributed by atoms with Gasteiger partial charge in [0.1, 0.15) is 5.75 Å². The number of esters is 1. The first-order valence-corrected chi connectivity index (χ1v) is 8.56. The lowest BCUT2D eigenvalue weighted by Gasteiger charge is -2.15. The monoisotopic (exact) mass is 345 g/mol. The fourth-order valence-electron chi connectivity index (χ4n) is 2.04. The molecule has 0 bridgehead atoms. The molecule has 5 nitrogen and oxygen atoms in total. The molecule has 0 spiro atoms. The van der Waals surface area contributed by atoms with Crippen molar-refractivity contribution in [2.24, 2.45) is 0 Å². The zero-order valence-corrected chi connectivity index (χ0v) is 14.6. The number of thioether (sulfide) groups is 1. The molecule has 24 heavy (non-hydrogen) atoms. The highest BCUT2D eigenvalue weighted by Gasteiger charge is 2.20. The van der Waals surface area contributed by atoms with Crippen LogP contribution in [0.25, 0.3) is 0 Å². The molecule has 0 aliphatic carbocycles. The molecular formula is C18H19NO4S. The summed E-state index contributed by atoms with van der Waals surface area (Å²) >= 11 is 1.45. The average Bonchev–Trinajstić information content (AvgIpc) is 2.61. The van der Waals surface area contributed by atoms with Crippen molar-refractivity contribution in [2.45, 2.75) is 17.9 Å². The summed E-state index contributed by atoms with van der Waals surface area (Å²) in [5.74, 6) is -0.294. The Morgan fingerprint density at radius 1 is 1.12 bits per heavy atom. The second-order valence-electron chi connectivity index (χ2n) is 4.97. The molecule has 0 fully saturated rings. The number of amides is 1. The molecule has 0 aliphatic heterocycles. The number of benzene rings is 2. The molecule has 1 amide bonds. The van der Waals surface area contributed by atoms with Crippen LogP contribution >= 0.6 is 11.8 Å². The lowest BCUT2D eigenvalue weighted by atomic mass is 10.2. The van der Waals surface area contributed by atoms with Gasteiger partial charge in [0.2, 0.25) is 0 Å². The van der Waals surface area contributed by atoms with E-state index in [1.165, 1.54) is 18.7 Å². The van der Waals surface area contributed by atoms with Crippen molar-refractivity contribution in [1.29, 1.82) is 0 Å². The number of carbonyl (C=O) groups is 2. The van der Waals surface area contributed by atoms with Gasteiger partial charge in [0, 0.05) is 16.6 Å². The van der Waals surface area contributed by atoms with Gasteiger partial charge in [-0.15, -0.1) is 11.8 Å².